The highest BCUT2D eigenvalue weighted by Gasteiger charge is 2.17. The van der Waals surface area contributed by atoms with Crippen LogP contribution in [0.5, 0.6) is 0 Å². The molecular weight excluding hydrogens is 350 g/mol. The van der Waals surface area contributed by atoms with Crippen LogP contribution in [0.3, 0.4) is 0 Å². The molecule has 11 heteroatoms. The highest BCUT2D eigenvalue weighted by molar-refractivity contribution is 8.01. The van der Waals surface area contributed by atoms with Crippen LogP contribution < -0.4 is 11.4 Å². The van der Waals surface area contributed by atoms with E-state index in [2.05, 4.69) is 20.3 Å². The zero-order valence-electron chi connectivity index (χ0n) is 12.4. The molecule has 122 valence electrons. The topological polar surface area (TPSA) is 117 Å². The van der Waals surface area contributed by atoms with E-state index in [1.54, 1.807) is 12.1 Å². The van der Waals surface area contributed by atoms with E-state index >= 15 is 0 Å². The van der Waals surface area contributed by atoms with Crippen LogP contribution >= 0.6 is 23.1 Å². The normalized spacial score (nSPS) is 11.4. The molecule has 24 heavy (non-hydrogen) atoms. The van der Waals surface area contributed by atoms with Crippen molar-refractivity contribution in [1.29, 1.82) is 0 Å². The molecule has 0 aromatic carbocycles. The third-order valence-corrected chi connectivity index (χ3v) is 5.15. The Labute approximate surface area is 143 Å². The van der Waals surface area contributed by atoms with Crippen molar-refractivity contribution >= 4 is 28.1 Å². The van der Waals surface area contributed by atoms with Gasteiger partial charge in [0.1, 0.15) is 0 Å². The Morgan fingerprint density at radius 1 is 1.42 bits per heavy atom. The molecule has 0 bridgehead atoms. The molecule has 0 spiro atoms. The van der Waals surface area contributed by atoms with E-state index < -0.39 is 0 Å². The minimum absolute atomic E-state index is 0.203. The van der Waals surface area contributed by atoms with Crippen molar-refractivity contribution in [2.75, 3.05) is 5.84 Å². The highest BCUT2D eigenvalue weighted by Crippen LogP contribution is 2.30. The number of furan rings is 1. The van der Waals surface area contributed by atoms with Gasteiger partial charge in [-0.2, -0.15) is 4.52 Å². The molecule has 2 N–H and O–H groups in total. The lowest BCUT2D eigenvalue weighted by molar-refractivity contribution is 0.574. The lowest BCUT2D eigenvalue weighted by Crippen LogP contribution is -2.15. The average molecular weight is 361 g/mol. The van der Waals surface area contributed by atoms with Gasteiger partial charge in [-0.05, 0) is 30.3 Å². The second-order valence-electron chi connectivity index (χ2n) is 4.76. The number of nitrogens with zero attached hydrogens (tertiary/aromatic N) is 6. The predicted molar refractivity (Wildman–Crippen MR) is 88.5 cm³/mol. The van der Waals surface area contributed by atoms with Gasteiger partial charge in [0.15, 0.2) is 10.1 Å². The standard InChI is InChI=1S/C13H11N7O2S2/c1-2-7-6-9(21)20-11(15-7)23-13(18-20)24-12-17-16-10(19(12)14)8-4-3-5-22-8/h3-6H,2,14H2,1H3. The number of rotatable bonds is 4. The van der Waals surface area contributed by atoms with Crippen molar-refractivity contribution in [1.82, 2.24) is 29.5 Å². The zero-order valence-corrected chi connectivity index (χ0v) is 14.0. The molecule has 4 aromatic heterocycles. The fourth-order valence-electron chi connectivity index (χ4n) is 2.06. The van der Waals surface area contributed by atoms with Gasteiger partial charge in [-0.15, -0.1) is 15.3 Å². The summed E-state index contributed by atoms with van der Waals surface area (Å²) in [6.07, 6.45) is 2.23. The molecule has 0 saturated carbocycles. The first-order chi connectivity index (χ1) is 11.7. The number of nitrogens with two attached hydrogens (primary N) is 1. The molecule has 4 heterocycles. The summed E-state index contributed by atoms with van der Waals surface area (Å²) in [6.45, 7) is 1.95. The highest BCUT2D eigenvalue weighted by atomic mass is 32.2. The van der Waals surface area contributed by atoms with Crippen LogP contribution in [-0.4, -0.2) is 29.5 Å². The van der Waals surface area contributed by atoms with Crippen LogP contribution in [0.15, 0.2) is 43.2 Å². The largest absolute Gasteiger partial charge is 0.461 e. The Morgan fingerprint density at radius 3 is 3.04 bits per heavy atom. The molecule has 0 aliphatic rings. The van der Waals surface area contributed by atoms with Crippen molar-refractivity contribution in [3.05, 3.63) is 40.5 Å². The molecule has 0 unspecified atom stereocenters. The van der Waals surface area contributed by atoms with Gasteiger partial charge >= 0.3 is 0 Å². The summed E-state index contributed by atoms with van der Waals surface area (Å²) in [5.41, 5.74) is 0.535. The van der Waals surface area contributed by atoms with Crippen LogP contribution in [-0.2, 0) is 6.42 Å². The van der Waals surface area contributed by atoms with E-state index in [0.717, 1.165) is 5.69 Å². The number of aromatic nitrogens is 6. The summed E-state index contributed by atoms with van der Waals surface area (Å²) in [4.78, 5) is 17.0. The van der Waals surface area contributed by atoms with Gasteiger partial charge in [0.05, 0.1) is 6.26 Å². The zero-order chi connectivity index (χ0) is 16.7. The Hall–Kier alpha value is -2.66. The lowest BCUT2D eigenvalue weighted by atomic mass is 10.3. The van der Waals surface area contributed by atoms with Gasteiger partial charge in [0.25, 0.3) is 5.56 Å². The van der Waals surface area contributed by atoms with Crippen LogP contribution in [0.2, 0.25) is 0 Å². The van der Waals surface area contributed by atoms with Gasteiger partial charge in [-0.3, -0.25) is 4.79 Å². The number of hydrogen-bond acceptors (Lipinski definition) is 9. The summed E-state index contributed by atoms with van der Waals surface area (Å²) in [7, 11) is 0. The summed E-state index contributed by atoms with van der Waals surface area (Å²) in [5.74, 6) is 6.95. The molecule has 0 aliphatic heterocycles. The van der Waals surface area contributed by atoms with Crippen molar-refractivity contribution in [2.24, 2.45) is 0 Å². The second kappa shape index (κ2) is 5.76. The van der Waals surface area contributed by atoms with E-state index in [4.69, 9.17) is 10.3 Å². The first-order valence-corrected chi connectivity index (χ1v) is 8.61. The third-order valence-electron chi connectivity index (χ3n) is 3.23. The van der Waals surface area contributed by atoms with Crippen LogP contribution in [0.1, 0.15) is 12.6 Å². The number of nitrogen functional groups attached to an aromatic ring is 1. The van der Waals surface area contributed by atoms with Gasteiger partial charge in [-0.25, -0.2) is 9.66 Å². The van der Waals surface area contributed by atoms with Crippen LogP contribution in [0.4, 0.5) is 0 Å². The summed E-state index contributed by atoms with van der Waals surface area (Å²) in [6, 6.07) is 4.98. The van der Waals surface area contributed by atoms with Gasteiger partial charge < -0.3 is 10.3 Å². The smallest absolute Gasteiger partial charge is 0.275 e. The summed E-state index contributed by atoms with van der Waals surface area (Å²) >= 11 is 2.51. The molecule has 0 amide bonds. The van der Waals surface area contributed by atoms with Crippen molar-refractivity contribution in [3.63, 3.8) is 0 Å². The van der Waals surface area contributed by atoms with Crippen molar-refractivity contribution < 1.29 is 4.42 Å². The van der Waals surface area contributed by atoms with Gasteiger partial charge in [0.2, 0.25) is 15.9 Å². The summed E-state index contributed by atoms with van der Waals surface area (Å²) in [5, 5.41) is 12.8. The molecule has 0 aliphatic carbocycles. The van der Waals surface area contributed by atoms with Crippen LogP contribution in [0.25, 0.3) is 16.5 Å². The molecular formula is C13H11N7O2S2. The van der Waals surface area contributed by atoms with Crippen molar-refractivity contribution in [3.8, 4) is 11.6 Å². The molecule has 4 aromatic rings. The first-order valence-electron chi connectivity index (χ1n) is 6.97. The molecule has 0 atom stereocenters. The predicted octanol–water partition coefficient (Wildman–Crippen LogP) is 1.43. The number of aryl methyl sites for hydroxylation is 1. The fraction of sp³-hybridized carbons (Fsp3) is 0.154. The Bertz CT molecular complexity index is 1060. The quantitative estimate of drug-likeness (QED) is 0.543. The molecule has 0 fully saturated rings. The molecule has 0 saturated heterocycles. The molecule has 9 nitrogen and oxygen atoms in total. The van der Waals surface area contributed by atoms with Crippen molar-refractivity contribution in [2.45, 2.75) is 22.8 Å². The third kappa shape index (κ3) is 2.47. The summed E-state index contributed by atoms with van der Waals surface area (Å²) < 4.78 is 8.46. The lowest BCUT2D eigenvalue weighted by Gasteiger charge is -1.98. The number of fused-ring (bicyclic) bond motifs is 1. The minimum atomic E-state index is -0.203. The monoisotopic (exact) mass is 361 g/mol. The minimum Gasteiger partial charge on any atom is -0.461 e. The second-order valence-corrected chi connectivity index (χ2v) is 6.93. The maximum Gasteiger partial charge on any atom is 0.275 e. The van der Waals surface area contributed by atoms with E-state index in [0.29, 0.717) is 32.5 Å². The van der Waals surface area contributed by atoms with Gasteiger partial charge in [0, 0.05) is 11.8 Å². The van der Waals surface area contributed by atoms with E-state index in [9.17, 15) is 4.79 Å². The SMILES string of the molecule is CCc1cc(=O)n2nc(Sc3nnc(-c4ccco4)n3N)sc2n1. The molecule has 0 radical (unpaired) electrons. The average Bonchev–Trinajstić information content (AvgIpc) is 3.28. The van der Waals surface area contributed by atoms with E-state index in [1.807, 2.05) is 6.92 Å². The van der Waals surface area contributed by atoms with Gasteiger partial charge in [-0.1, -0.05) is 18.3 Å². The Kier molecular flexibility index (Phi) is 3.58. The van der Waals surface area contributed by atoms with E-state index in [1.165, 1.54) is 44.6 Å². The van der Waals surface area contributed by atoms with Crippen LogP contribution in [0, 0.1) is 0 Å². The first kappa shape index (κ1) is 14.9. The Morgan fingerprint density at radius 2 is 2.29 bits per heavy atom. The maximum absolute atomic E-state index is 12.0. The maximum atomic E-state index is 12.0. The number of hydrogen-bond donors (Lipinski definition) is 1. The molecule has 4 rings (SSSR count). The fourth-order valence-corrected chi connectivity index (χ4v) is 3.88. The van der Waals surface area contributed by atoms with E-state index in [-0.39, 0.29) is 5.56 Å². The Balaban J connectivity index is 1.70.